The standard InChI is InChI=1S/C10H18FN/c11-6-9-7-12-8-10(9)4-2-1-3-5-10/h9,12H,1-8H2/t9-/m0/s1. The highest BCUT2D eigenvalue weighted by molar-refractivity contribution is 4.96. The molecule has 1 N–H and O–H groups in total. The summed E-state index contributed by atoms with van der Waals surface area (Å²) in [5.41, 5.74) is 0.354. The topological polar surface area (TPSA) is 12.0 Å². The Bertz CT molecular complexity index is 152. The fourth-order valence-electron chi connectivity index (χ4n) is 2.92. The van der Waals surface area contributed by atoms with E-state index in [1.165, 1.54) is 32.1 Å². The summed E-state index contributed by atoms with van der Waals surface area (Å²) in [7, 11) is 0. The lowest BCUT2D eigenvalue weighted by atomic mass is 9.68. The molecule has 0 unspecified atom stereocenters. The minimum absolute atomic E-state index is 0.118. The van der Waals surface area contributed by atoms with Crippen LogP contribution in [0.25, 0.3) is 0 Å². The van der Waals surface area contributed by atoms with Gasteiger partial charge in [-0.2, -0.15) is 0 Å². The minimum atomic E-state index is -0.118. The van der Waals surface area contributed by atoms with Gasteiger partial charge in [-0.25, -0.2) is 0 Å². The third kappa shape index (κ3) is 1.26. The second-order valence-electron chi connectivity index (χ2n) is 4.41. The average molecular weight is 171 g/mol. The van der Waals surface area contributed by atoms with Gasteiger partial charge in [-0.1, -0.05) is 19.3 Å². The van der Waals surface area contributed by atoms with Crippen molar-refractivity contribution in [3.63, 3.8) is 0 Å². The van der Waals surface area contributed by atoms with E-state index in [0.717, 1.165) is 13.1 Å². The van der Waals surface area contributed by atoms with Gasteiger partial charge >= 0.3 is 0 Å². The largest absolute Gasteiger partial charge is 0.316 e. The molecule has 2 rings (SSSR count). The first-order valence-corrected chi connectivity index (χ1v) is 5.14. The first-order valence-electron chi connectivity index (χ1n) is 5.14. The molecule has 70 valence electrons. The summed E-state index contributed by atoms with van der Waals surface area (Å²) in [6.07, 6.45) is 6.51. The van der Waals surface area contributed by atoms with Crippen molar-refractivity contribution in [2.24, 2.45) is 11.3 Å². The highest BCUT2D eigenvalue weighted by atomic mass is 19.1. The van der Waals surface area contributed by atoms with Gasteiger partial charge in [-0.15, -0.1) is 0 Å². The fourth-order valence-corrected chi connectivity index (χ4v) is 2.92. The Morgan fingerprint density at radius 1 is 1.25 bits per heavy atom. The molecule has 1 saturated carbocycles. The van der Waals surface area contributed by atoms with Crippen LogP contribution in [0.5, 0.6) is 0 Å². The van der Waals surface area contributed by atoms with Crippen molar-refractivity contribution >= 4 is 0 Å². The zero-order chi connectivity index (χ0) is 8.44. The predicted octanol–water partition coefficient (Wildman–Crippen LogP) is 2.13. The van der Waals surface area contributed by atoms with Crippen LogP contribution < -0.4 is 5.32 Å². The van der Waals surface area contributed by atoms with Crippen LogP contribution in [0.3, 0.4) is 0 Å². The second kappa shape index (κ2) is 3.33. The molecule has 2 aliphatic rings. The fraction of sp³-hybridized carbons (Fsp3) is 1.00. The van der Waals surface area contributed by atoms with Crippen molar-refractivity contribution in [2.75, 3.05) is 19.8 Å². The lowest BCUT2D eigenvalue weighted by molar-refractivity contribution is 0.126. The lowest BCUT2D eigenvalue weighted by Crippen LogP contribution is -2.33. The van der Waals surface area contributed by atoms with Crippen molar-refractivity contribution in [2.45, 2.75) is 32.1 Å². The molecule has 1 nitrogen and oxygen atoms in total. The molecule has 1 aliphatic carbocycles. The Morgan fingerprint density at radius 3 is 2.67 bits per heavy atom. The maximum absolute atomic E-state index is 12.7. The van der Waals surface area contributed by atoms with Gasteiger partial charge in [0.1, 0.15) is 0 Å². The Hall–Kier alpha value is -0.110. The van der Waals surface area contributed by atoms with E-state index < -0.39 is 0 Å². The van der Waals surface area contributed by atoms with Crippen molar-refractivity contribution in [1.29, 1.82) is 0 Å². The smallest absolute Gasteiger partial charge is 0.0940 e. The first-order chi connectivity index (χ1) is 5.87. The van der Waals surface area contributed by atoms with E-state index in [4.69, 9.17) is 0 Å². The summed E-state index contributed by atoms with van der Waals surface area (Å²) in [5.74, 6) is 0.317. The van der Waals surface area contributed by atoms with Crippen LogP contribution in [0.1, 0.15) is 32.1 Å². The highest BCUT2D eigenvalue weighted by Gasteiger charge is 2.42. The van der Waals surface area contributed by atoms with E-state index in [-0.39, 0.29) is 6.67 Å². The van der Waals surface area contributed by atoms with Crippen LogP contribution >= 0.6 is 0 Å². The van der Waals surface area contributed by atoms with Crippen LogP contribution in [-0.4, -0.2) is 19.8 Å². The maximum atomic E-state index is 12.7. The monoisotopic (exact) mass is 171 g/mol. The maximum Gasteiger partial charge on any atom is 0.0940 e. The van der Waals surface area contributed by atoms with Crippen molar-refractivity contribution in [3.8, 4) is 0 Å². The number of alkyl halides is 1. The van der Waals surface area contributed by atoms with E-state index in [0.29, 0.717) is 11.3 Å². The average Bonchev–Trinajstić information content (AvgIpc) is 2.49. The summed E-state index contributed by atoms with van der Waals surface area (Å²) in [4.78, 5) is 0. The summed E-state index contributed by atoms with van der Waals surface area (Å²) in [6.45, 7) is 1.87. The Kier molecular flexibility index (Phi) is 2.35. The van der Waals surface area contributed by atoms with Gasteiger partial charge in [0.15, 0.2) is 0 Å². The SMILES string of the molecule is FC[C@H]1CNCC12CCCCC2. The van der Waals surface area contributed by atoms with Gasteiger partial charge in [0, 0.05) is 19.0 Å². The third-order valence-electron chi connectivity index (χ3n) is 3.77. The first kappa shape index (κ1) is 8.49. The number of rotatable bonds is 1. The molecule has 1 saturated heterocycles. The zero-order valence-corrected chi connectivity index (χ0v) is 7.61. The lowest BCUT2D eigenvalue weighted by Gasteiger charge is -2.37. The molecule has 1 heterocycles. The van der Waals surface area contributed by atoms with Crippen LogP contribution in [0.4, 0.5) is 4.39 Å². The van der Waals surface area contributed by atoms with Crippen LogP contribution in [-0.2, 0) is 0 Å². The predicted molar refractivity (Wildman–Crippen MR) is 47.9 cm³/mol. The molecule has 1 aliphatic heterocycles. The number of halogens is 1. The van der Waals surface area contributed by atoms with Gasteiger partial charge in [0.2, 0.25) is 0 Å². The Labute approximate surface area is 73.7 Å². The van der Waals surface area contributed by atoms with Crippen molar-refractivity contribution in [1.82, 2.24) is 5.32 Å². The molecule has 1 atom stereocenters. The number of hydrogen-bond donors (Lipinski definition) is 1. The van der Waals surface area contributed by atoms with E-state index in [9.17, 15) is 4.39 Å². The van der Waals surface area contributed by atoms with Crippen LogP contribution in [0.2, 0.25) is 0 Å². The van der Waals surface area contributed by atoms with E-state index in [1.54, 1.807) is 0 Å². The van der Waals surface area contributed by atoms with Crippen LogP contribution in [0.15, 0.2) is 0 Å². The molecule has 0 aromatic carbocycles. The Balaban J connectivity index is 2.05. The third-order valence-corrected chi connectivity index (χ3v) is 3.77. The van der Waals surface area contributed by atoms with Crippen molar-refractivity contribution < 1.29 is 4.39 Å². The van der Waals surface area contributed by atoms with E-state index in [1.807, 2.05) is 0 Å². The molecule has 12 heavy (non-hydrogen) atoms. The summed E-state index contributed by atoms with van der Waals surface area (Å²) >= 11 is 0. The summed E-state index contributed by atoms with van der Waals surface area (Å²) < 4.78 is 12.7. The van der Waals surface area contributed by atoms with Gasteiger partial charge in [-0.05, 0) is 18.3 Å². The molecule has 0 radical (unpaired) electrons. The molecule has 2 fully saturated rings. The molecule has 0 amide bonds. The zero-order valence-electron chi connectivity index (χ0n) is 7.61. The van der Waals surface area contributed by atoms with Gasteiger partial charge in [0.05, 0.1) is 6.67 Å². The van der Waals surface area contributed by atoms with Gasteiger partial charge < -0.3 is 5.32 Å². The molecule has 0 aromatic rings. The van der Waals surface area contributed by atoms with Crippen molar-refractivity contribution in [3.05, 3.63) is 0 Å². The molecule has 0 bridgehead atoms. The van der Waals surface area contributed by atoms with Gasteiger partial charge in [-0.3, -0.25) is 4.39 Å². The molecular weight excluding hydrogens is 153 g/mol. The molecular formula is C10H18FN. The highest BCUT2D eigenvalue weighted by Crippen LogP contribution is 2.44. The van der Waals surface area contributed by atoms with E-state index >= 15 is 0 Å². The second-order valence-corrected chi connectivity index (χ2v) is 4.41. The van der Waals surface area contributed by atoms with Crippen LogP contribution in [0, 0.1) is 11.3 Å². The molecule has 1 spiro atoms. The molecule has 2 heteroatoms. The molecule has 0 aromatic heterocycles. The van der Waals surface area contributed by atoms with E-state index in [2.05, 4.69) is 5.32 Å². The number of hydrogen-bond acceptors (Lipinski definition) is 1. The minimum Gasteiger partial charge on any atom is -0.316 e. The quantitative estimate of drug-likeness (QED) is 0.637. The Morgan fingerprint density at radius 2 is 2.00 bits per heavy atom. The van der Waals surface area contributed by atoms with Gasteiger partial charge in [0.25, 0.3) is 0 Å². The number of nitrogens with one attached hydrogen (secondary N) is 1. The summed E-state index contributed by atoms with van der Waals surface area (Å²) in [5, 5.41) is 3.34. The normalized spacial score (nSPS) is 34.2. The summed E-state index contributed by atoms with van der Waals surface area (Å²) in [6, 6.07) is 0.